The van der Waals surface area contributed by atoms with E-state index < -0.39 is 58.9 Å². The lowest BCUT2D eigenvalue weighted by molar-refractivity contribution is -0.106. The molecule has 3 heterocycles. The second-order valence-electron chi connectivity index (χ2n) is 17.9. The molecule has 408 valence electrons. The van der Waals surface area contributed by atoms with Crippen LogP contribution in [0.15, 0.2) is 60.7 Å². The highest BCUT2D eigenvalue weighted by Gasteiger charge is 2.34. The van der Waals surface area contributed by atoms with Gasteiger partial charge >= 0.3 is 29.9 Å². The molecule has 11 nitrogen and oxygen atoms in total. The summed E-state index contributed by atoms with van der Waals surface area (Å²) in [7, 11) is 4.65. The van der Waals surface area contributed by atoms with Gasteiger partial charge in [0, 0.05) is 54.0 Å². The number of benzene rings is 3. The highest BCUT2D eigenvalue weighted by atomic mass is 32.2. The third-order valence-electron chi connectivity index (χ3n) is 11.8. The lowest BCUT2D eigenvalue weighted by Crippen LogP contribution is -2.26. The third-order valence-corrected chi connectivity index (χ3v) is 17.2. The fraction of sp³-hybridized carbons (Fsp3) is 0.467. The molecule has 3 aliphatic carbocycles. The summed E-state index contributed by atoms with van der Waals surface area (Å²) in [5, 5.41) is 0. The average molecular weight is 1200 g/mol. The van der Waals surface area contributed by atoms with Gasteiger partial charge in [0.25, 0.3) is 0 Å². The van der Waals surface area contributed by atoms with Gasteiger partial charge in [-0.1, -0.05) is 0 Å². The molecular weight excluding hydrogens is 1150 g/mol. The van der Waals surface area contributed by atoms with Crippen molar-refractivity contribution in [1.82, 2.24) is 41.8 Å². The van der Waals surface area contributed by atoms with Crippen molar-refractivity contribution in [2.45, 2.75) is 111 Å². The first kappa shape index (κ1) is 58.5. The van der Waals surface area contributed by atoms with E-state index in [4.69, 9.17) is 48.9 Å². The fourth-order valence-corrected chi connectivity index (χ4v) is 11.7. The molecule has 3 fully saturated rings. The normalized spacial score (nSPS) is 15.0. The van der Waals surface area contributed by atoms with E-state index in [1.807, 2.05) is 0 Å². The quantitative estimate of drug-likeness (QED) is 0.0676. The second kappa shape index (κ2) is 22.3. The molecule has 0 radical (unpaired) electrons. The van der Waals surface area contributed by atoms with E-state index in [1.54, 1.807) is 30.1 Å². The number of hydrogen-bond acceptors (Lipinski definition) is 9. The fourth-order valence-electron chi connectivity index (χ4n) is 7.75. The van der Waals surface area contributed by atoms with Gasteiger partial charge in [-0.3, -0.25) is 23.1 Å². The van der Waals surface area contributed by atoms with Crippen LogP contribution in [-0.2, 0) is 21.1 Å². The maximum atomic E-state index is 14.6. The predicted octanol–water partition coefficient (Wildman–Crippen LogP) is 13.8. The van der Waals surface area contributed by atoms with Gasteiger partial charge < -0.3 is 0 Å². The lowest BCUT2D eigenvalue weighted by Gasteiger charge is -2.13. The van der Waals surface area contributed by atoms with Crippen LogP contribution in [-0.4, -0.2) is 77.6 Å². The molecule has 0 aliphatic heterocycles. The van der Waals surface area contributed by atoms with Crippen molar-refractivity contribution < 1.29 is 52.7 Å². The zero-order valence-corrected chi connectivity index (χ0v) is 46.0. The lowest BCUT2D eigenvalue weighted by atomic mass is 10.2. The van der Waals surface area contributed by atoms with Crippen LogP contribution in [0.25, 0.3) is 17.1 Å². The van der Waals surface area contributed by atoms with Crippen LogP contribution in [0.5, 0.6) is 0 Å². The Labute approximate surface area is 452 Å². The maximum absolute atomic E-state index is 14.6. The summed E-state index contributed by atoms with van der Waals surface area (Å²) in [6.07, 6.45) is -7.72. The maximum Gasteiger partial charge on any atom is 0.398 e. The number of alkyl halides is 9. The summed E-state index contributed by atoms with van der Waals surface area (Å²) in [6, 6.07) is 7.77. The summed E-state index contributed by atoms with van der Waals surface area (Å²) in [5.41, 5.74) is 0.354. The van der Waals surface area contributed by atoms with E-state index in [2.05, 4.69) is 0 Å². The van der Waals surface area contributed by atoms with Gasteiger partial charge in [0.2, 0.25) is 9.54 Å². The third kappa shape index (κ3) is 13.4. The van der Waals surface area contributed by atoms with E-state index in [9.17, 15) is 62.3 Å². The molecule has 0 amide bonds. The van der Waals surface area contributed by atoms with E-state index in [-0.39, 0.29) is 55.3 Å². The second-order valence-corrected chi connectivity index (χ2v) is 22.4. The first-order chi connectivity index (χ1) is 34.8. The molecule has 0 spiro atoms. The molecule has 30 heteroatoms. The van der Waals surface area contributed by atoms with Gasteiger partial charge in [-0.05, 0) is 161 Å². The van der Waals surface area contributed by atoms with Gasteiger partial charge in [-0.15, -0.1) is 35.3 Å². The van der Waals surface area contributed by atoms with Crippen LogP contribution in [0.2, 0.25) is 0 Å². The van der Waals surface area contributed by atoms with E-state index in [0.717, 1.165) is 55.3 Å². The molecular formula is C45H45F12N9O2S7. The van der Waals surface area contributed by atoms with Crippen molar-refractivity contribution in [3.63, 3.8) is 0 Å². The van der Waals surface area contributed by atoms with Crippen LogP contribution in [0.3, 0.4) is 0 Å². The minimum atomic E-state index is -4.34. The molecule has 0 atom stereocenters. The Hall–Kier alpha value is -4.23. The van der Waals surface area contributed by atoms with Crippen LogP contribution in [0.1, 0.15) is 73.3 Å². The molecule has 0 unspecified atom stereocenters. The number of thioether (sulfide) groups is 3. The molecule has 75 heavy (non-hydrogen) atoms. The Morgan fingerprint density at radius 1 is 0.440 bits per heavy atom. The van der Waals surface area contributed by atoms with Crippen LogP contribution >= 0.6 is 84.2 Å². The van der Waals surface area contributed by atoms with Crippen LogP contribution in [0, 0.1) is 57.3 Å². The standard InChI is InChI=1S/2C15H15F4N3OS2.C15H15F4N3S3/c1-8-5-10(16)11(6-12(8)25-7-15(17,18)19)22-13(23)21(9-3-4-9)14(24)20(22)2;2*1-8-5-10(16)11(6-12(8)25-7-15(17,18)19)22-14(24)21(9-3-4-9)13(23)20(22)2/h3*5-6,9H,3-4,7H2,1-2H3. The number of aromatic nitrogens is 9. The number of hydrogen-bond donors (Lipinski definition) is 0. The minimum Gasteiger partial charge on any atom is -0.290 e. The van der Waals surface area contributed by atoms with Crippen LogP contribution < -0.4 is 11.4 Å². The topological polar surface area (TPSA) is 78.5 Å². The zero-order valence-electron chi connectivity index (χ0n) is 40.3. The minimum absolute atomic E-state index is 0.0139. The summed E-state index contributed by atoms with van der Waals surface area (Å²) in [4.78, 5) is 25.9. The van der Waals surface area contributed by atoms with E-state index in [1.165, 1.54) is 73.1 Å². The van der Waals surface area contributed by atoms with Crippen molar-refractivity contribution >= 4 is 84.2 Å². The SMILES string of the molecule is Cc1cc(F)c(-n2c(=O)n(C3CC3)c(=S)n2C)cc1SCC(F)(F)F.Cc1cc(F)c(-n2c(=S)n(C3CC3)c(=O)n2C)cc1SCC(F)(F)F.Cc1cc(F)c(-n2c(=S)n(C3CC3)c(=S)n2C)cc1SCC(F)(F)F. The average Bonchev–Trinajstić information content (AvgIpc) is 4.17. The molecule has 0 bridgehead atoms. The van der Waals surface area contributed by atoms with Crippen molar-refractivity contribution in [2.24, 2.45) is 21.1 Å². The predicted molar refractivity (Wildman–Crippen MR) is 273 cm³/mol. The highest BCUT2D eigenvalue weighted by Crippen LogP contribution is 2.39. The van der Waals surface area contributed by atoms with E-state index in [0.29, 0.717) is 71.3 Å². The Morgan fingerprint density at radius 2 is 0.720 bits per heavy atom. The first-order valence-corrected chi connectivity index (χ1v) is 27.1. The van der Waals surface area contributed by atoms with E-state index >= 15 is 0 Å². The van der Waals surface area contributed by atoms with Crippen molar-refractivity contribution in [2.75, 3.05) is 17.3 Å². The molecule has 6 aromatic rings. The molecule has 9 rings (SSSR count). The number of nitrogens with zero attached hydrogens (tertiary/aromatic N) is 9. The van der Waals surface area contributed by atoms with Gasteiger partial charge in [0.1, 0.15) is 34.5 Å². The van der Waals surface area contributed by atoms with Gasteiger partial charge in [0.05, 0.1) is 17.3 Å². The summed E-state index contributed by atoms with van der Waals surface area (Å²) in [6.45, 7) is 4.65. The Bertz CT molecular complexity index is 3180. The number of halogens is 12. The van der Waals surface area contributed by atoms with Crippen molar-refractivity contribution in [3.05, 3.63) is 111 Å². The number of rotatable bonds is 12. The highest BCUT2D eigenvalue weighted by molar-refractivity contribution is 7.99. The summed E-state index contributed by atoms with van der Waals surface area (Å²) < 4.78 is 170. The summed E-state index contributed by atoms with van der Waals surface area (Å²) >= 11 is 23.2. The molecule has 0 N–H and O–H groups in total. The molecule has 3 aromatic carbocycles. The monoisotopic (exact) mass is 1200 g/mol. The van der Waals surface area contributed by atoms with Gasteiger partial charge in [-0.2, -0.15) is 44.2 Å². The molecule has 3 aromatic heterocycles. The summed E-state index contributed by atoms with van der Waals surface area (Å²) in [5.74, 6) is -5.08. The molecule has 0 saturated heterocycles. The smallest absolute Gasteiger partial charge is 0.290 e. The Kier molecular flexibility index (Phi) is 17.3. The Balaban J connectivity index is 0.000000164. The zero-order chi connectivity index (χ0) is 55.5. The molecule has 3 aliphatic rings. The van der Waals surface area contributed by atoms with Crippen molar-refractivity contribution in [3.8, 4) is 17.1 Å². The Morgan fingerprint density at radius 3 is 1.07 bits per heavy atom. The van der Waals surface area contributed by atoms with Gasteiger partial charge in [0.15, 0.2) is 9.54 Å². The van der Waals surface area contributed by atoms with Gasteiger partial charge in [-0.25, -0.2) is 36.8 Å². The number of aryl methyl sites for hydroxylation is 3. The molecule has 3 saturated carbocycles. The first-order valence-electron chi connectivity index (χ1n) is 22.5. The largest absolute Gasteiger partial charge is 0.398 e. The van der Waals surface area contributed by atoms with Crippen molar-refractivity contribution in [1.29, 1.82) is 0 Å². The van der Waals surface area contributed by atoms with Crippen LogP contribution in [0.4, 0.5) is 52.7 Å².